The Morgan fingerprint density at radius 3 is 2.94 bits per heavy atom. The number of nitrogens with two attached hydrogens (primary N) is 1. The molecule has 16 heavy (non-hydrogen) atoms. The molecule has 0 radical (unpaired) electrons. The highest BCUT2D eigenvalue weighted by Crippen LogP contribution is 2.16. The van der Waals surface area contributed by atoms with Gasteiger partial charge in [-0.3, -0.25) is 0 Å². The minimum atomic E-state index is -0.177. The zero-order chi connectivity index (χ0) is 12.0. The third-order valence-electron chi connectivity index (χ3n) is 2.86. The lowest BCUT2D eigenvalue weighted by Gasteiger charge is -2.35. The monoisotopic (exact) mass is 229 g/mol. The average molecular weight is 229 g/mol. The number of rotatable bonds is 6. The molecule has 5 nitrogen and oxygen atoms in total. The summed E-state index contributed by atoms with van der Waals surface area (Å²) in [6.45, 7) is 2.91. The fourth-order valence-electron chi connectivity index (χ4n) is 1.99. The topological polar surface area (TPSA) is 58.8 Å². The van der Waals surface area contributed by atoms with Crippen LogP contribution in [0, 0.1) is 0 Å². The maximum atomic E-state index is 11.6. The van der Waals surface area contributed by atoms with E-state index in [4.69, 9.17) is 10.5 Å². The Bertz CT molecular complexity index is 219. The third kappa shape index (κ3) is 3.98. The van der Waals surface area contributed by atoms with E-state index in [9.17, 15) is 4.79 Å². The molecular formula is C11H23N3O2. The number of carbonyl (C=O) groups excluding carboxylic acids is 1. The van der Waals surface area contributed by atoms with Crippen molar-refractivity contribution in [3.8, 4) is 0 Å². The predicted molar refractivity (Wildman–Crippen MR) is 63.3 cm³/mol. The highest BCUT2D eigenvalue weighted by molar-refractivity contribution is 5.68. The van der Waals surface area contributed by atoms with Crippen LogP contribution in [0.3, 0.4) is 0 Å². The molecule has 0 aromatic rings. The van der Waals surface area contributed by atoms with Crippen LogP contribution in [0.25, 0.3) is 0 Å². The molecule has 0 spiro atoms. The van der Waals surface area contributed by atoms with Crippen molar-refractivity contribution in [2.24, 2.45) is 5.73 Å². The summed E-state index contributed by atoms with van der Waals surface area (Å²) >= 11 is 0. The van der Waals surface area contributed by atoms with Crippen LogP contribution in [0.2, 0.25) is 0 Å². The molecule has 1 aliphatic rings. The van der Waals surface area contributed by atoms with Crippen LogP contribution in [0.1, 0.15) is 19.3 Å². The standard InChI is InChI=1S/C11H23N3O2/c1-13(2)7-3-8-14-10(4-6-12)5-9-16-11(14)15/h10H,3-9,12H2,1-2H3. The van der Waals surface area contributed by atoms with Gasteiger partial charge in [-0.15, -0.1) is 0 Å². The first-order chi connectivity index (χ1) is 7.65. The number of ether oxygens (including phenoxy) is 1. The third-order valence-corrected chi connectivity index (χ3v) is 2.86. The molecule has 1 fully saturated rings. The van der Waals surface area contributed by atoms with Gasteiger partial charge in [-0.1, -0.05) is 0 Å². The molecule has 1 saturated heterocycles. The number of hydrogen-bond donors (Lipinski definition) is 1. The number of carbonyl (C=O) groups is 1. The zero-order valence-corrected chi connectivity index (χ0v) is 10.3. The van der Waals surface area contributed by atoms with Gasteiger partial charge in [0.1, 0.15) is 0 Å². The first-order valence-corrected chi connectivity index (χ1v) is 5.93. The largest absolute Gasteiger partial charge is 0.449 e. The summed E-state index contributed by atoms with van der Waals surface area (Å²) < 4.78 is 5.06. The molecule has 0 aromatic carbocycles. The fraction of sp³-hybridized carbons (Fsp3) is 0.909. The lowest BCUT2D eigenvalue weighted by Crippen LogP contribution is -2.47. The Hall–Kier alpha value is -0.810. The van der Waals surface area contributed by atoms with Crippen molar-refractivity contribution < 1.29 is 9.53 Å². The van der Waals surface area contributed by atoms with Gasteiger partial charge >= 0.3 is 6.09 Å². The fourth-order valence-corrected chi connectivity index (χ4v) is 1.99. The van der Waals surface area contributed by atoms with Gasteiger partial charge in [0.2, 0.25) is 0 Å². The van der Waals surface area contributed by atoms with Gasteiger partial charge in [-0.05, 0) is 40.0 Å². The molecule has 94 valence electrons. The Kier molecular flexibility index (Phi) is 5.55. The minimum absolute atomic E-state index is 0.177. The van der Waals surface area contributed by atoms with Gasteiger partial charge in [0, 0.05) is 19.0 Å². The molecule has 1 amide bonds. The Morgan fingerprint density at radius 2 is 2.31 bits per heavy atom. The van der Waals surface area contributed by atoms with Crippen LogP contribution in [0.5, 0.6) is 0 Å². The number of hydrogen-bond acceptors (Lipinski definition) is 4. The number of cyclic esters (lactones) is 1. The minimum Gasteiger partial charge on any atom is -0.449 e. The second-order valence-electron chi connectivity index (χ2n) is 4.48. The molecule has 0 aromatic heterocycles. The van der Waals surface area contributed by atoms with Crippen LogP contribution >= 0.6 is 0 Å². The van der Waals surface area contributed by atoms with Crippen molar-refractivity contribution in [2.75, 3.05) is 40.3 Å². The first-order valence-electron chi connectivity index (χ1n) is 5.93. The van der Waals surface area contributed by atoms with Crippen molar-refractivity contribution in [3.05, 3.63) is 0 Å². The van der Waals surface area contributed by atoms with E-state index < -0.39 is 0 Å². The number of nitrogens with zero attached hydrogens (tertiary/aromatic N) is 2. The lowest BCUT2D eigenvalue weighted by molar-refractivity contribution is 0.0412. The van der Waals surface area contributed by atoms with Gasteiger partial charge in [-0.25, -0.2) is 4.79 Å². The molecule has 1 aliphatic heterocycles. The van der Waals surface area contributed by atoms with E-state index in [2.05, 4.69) is 4.90 Å². The van der Waals surface area contributed by atoms with Crippen LogP contribution in [-0.4, -0.2) is 62.3 Å². The summed E-state index contributed by atoms with van der Waals surface area (Å²) in [5.41, 5.74) is 5.56. The van der Waals surface area contributed by atoms with Crippen molar-refractivity contribution >= 4 is 6.09 Å². The van der Waals surface area contributed by atoms with Crippen molar-refractivity contribution in [1.29, 1.82) is 0 Å². The number of amides is 1. The quantitative estimate of drug-likeness (QED) is 0.720. The zero-order valence-electron chi connectivity index (χ0n) is 10.3. The lowest BCUT2D eigenvalue weighted by atomic mass is 10.1. The SMILES string of the molecule is CN(C)CCCN1C(=O)OCCC1CCN. The summed E-state index contributed by atoms with van der Waals surface area (Å²) in [5, 5.41) is 0. The molecule has 1 rings (SSSR count). The highest BCUT2D eigenvalue weighted by Gasteiger charge is 2.28. The second kappa shape index (κ2) is 6.70. The van der Waals surface area contributed by atoms with E-state index in [1.807, 2.05) is 19.0 Å². The van der Waals surface area contributed by atoms with Gasteiger partial charge in [-0.2, -0.15) is 0 Å². The summed E-state index contributed by atoms with van der Waals surface area (Å²) in [7, 11) is 4.07. The van der Waals surface area contributed by atoms with Crippen LogP contribution in [0.4, 0.5) is 4.79 Å². The molecule has 0 bridgehead atoms. The molecule has 1 atom stereocenters. The molecular weight excluding hydrogens is 206 g/mol. The molecule has 1 heterocycles. The van der Waals surface area contributed by atoms with Crippen LogP contribution in [0.15, 0.2) is 0 Å². The molecule has 1 unspecified atom stereocenters. The van der Waals surface area contributed by atoms with Crippen LogP contribution in [-0.2, 0) is 4.74 Å². The summed E-state index contributed by atoms with van der Waals surface area (Å²) in [5.74, 6) is 0. The maximum absolute atomic E-state index is 11.6. The molecule has 2 N–H and O–H groups in total. The average Bonchev–Trinajstić information content (AvgIpc) is 2.22. The predicted octanol–water partition coefficient (Wildman–Crippen LogP) is 0.498. The highest BCUT2D eigenvalue weighted by atomic mass is 16.6. The Morgan fingerprint density at radius 1 is 1.56 bits per heavy atom. The van der Waals surface area contributed by atoms with E-state index in [1.54, 1.807) is 0 Å². The maximum Gasteiger partial charge on any atom is 0.410 e. The smallest absolute Gasteiger partial charge is 0.410 e. The molecule has 5 heteroatoms. The first kappa shape index (κ1) is 13.3. The second-order valence-corrected chi connectivity index (χ2v) is 4.48. The van der Waals surface area contributed by atoms with E-state index in [0.29, 0.717) is 13.2 Å². The van der Waals surface area contributed by atoms with E-state index in [0.717, 1.165) is 32.4 Å². The normalized spacial score (nSPS) is 21.4. The summed E-state index contributed by atoms with van der Waals surface area (Å²) in [4.78, 5) is 15.6. The summed E-state index contributed by atoms with van der Waals surface area (Å²) in [6.07, 6.45) is 2.58. The van der Waals surface area contributed by atoms with Crippen molar-refractivity contribution in [3.63, 3.8) is 0 Å². The van der Waals surface area contributed by atoms with E-state index in [-0.39, 0.29) is 12.1 Å². The Labute approximate surface area is 97.5 Å². The van der Waals surface area contributed by atoms with Gasteiger partial charge in [0.15, 0.2) is 0 Å². The van der Waals surface area contributed by atoms with Crippen LogP contribution < -0.4 is 5.73 Å². The summed E-state index contributed by atoms with van der Waals surface area (Å²) in [6, 6.07) is 0.272. The van der Waals surface area contributed by atoms with Crippen molar-refractivity contribution in [1.82, 2.24) is 9.80 Å². The molecule has 0 saturated carbocycles. The Balaban J connectivity index is 2.40. The van der Waals surface area contributed by atoms with Gasteiger partial charge < -0.3 is 20.3 Å². The van der Waals surface area contributed by atoms with Crippen molar-refractivity contribution in [2.45, 2.75) is 25.3 Å². The van der Waals surface area contributed by atoms with E-state index >= 15 is 0 Å². The van der Waals surface area contributed by atoms with Gasteiger partial charge in [0.25, 0.3) is 0 Å². The molecule has 0 aliphatic carbocycles. The van der Waals surface area contributed by atoms with Gasteiger partial charge in [0.05, 0.1) is 6.61 Å². The van der Waals surface area contributed by atoms with E-state index in [1.165, 1.54) is 0 Å².